The second-order valence-electron chi connectivity index (χ2n) is 10.8. The summed E-state index contributed by atoms with van der Waals surface area (Å²) in [7, 11) is -3.83. The smallest absolute Gasteiger partial charge is 0.268 e. The second kappa shape index (κ2) is 15.8. The van der Waals surface area contributed by atoms with Crippen molar-refractivity contribution in [3.63, 3.8) is 0 Å². The number of carbonyl (C=O) groups is 1. The van der Waals surface area contributed by atoms with E-state index >= 15 is 0 Å². The normalized spacial score (nSPS) is 14.8. The van der Waals surface area contributed by atoms with Gasteiger partial charge in [0.15, 0.2) is 0 Å². The number of aliphatic hydroxyl groups excluding tert-OH is 2. The summed E-state index contributed by atoms with van der Waals surface area (Å²) in [6.45, 7) is 1.12. The third-order valence-electron chi connectivity index (χ3n) is 7.54. The number of aliphatic hydroxyl groups is 2. The molecule has 3 aromatic rings. The fraction of sp³-hybridized carbons (Fsp3) is 0.424. The molecule has 4 N–H and O–H groups in total. The molecule has 1 atom stereocenters. The number of ether oxygens (including phenoxy) is 1. The highest BCUT2D eigenvalue weighted by molar-refractivity contribution is 7.90. The van der Waals surface area contributed by atoms with Gasteiger partial charge in [-0.2, -0.15) is 0 Å². The lowest BCUT2D eigenvalue weighted by Crippen LogP contribution is -2.33. The van der Waals surface area contributed by atoms with Crippen LogP contribution in [0.1, 0.15) is 72.5 Å². The van der Waals surface area contributed by atoms with Gasteiger partial charge in [-0.05, 0) is 85.9 Å². The van der Waals surface area contributed by atoms with Gasteiger partial charge in [-0.15, -0.1) is 0 Å². The first-order valence-electron chi connectivity index (χ1n) is 14.8. The maximum Gasteiger partial charge on any atom is 0.268 e. The van der Waals surface area contributed by atoms with Crippen molar-refractivity contribution in [2.45, 2.75) is 63.6 Å². The summed E-state index contributed by atoms with van der Waals surface area (Å²) in [5.41, 5.74) is 4.07. The van der Waals surface area contributed by atoms with E-state index in [1.54, 1.807) is 6.07 Å². The number of benzene rings is 3. The van der Waals surface area contributed by atoms with Crippen molar-refractivity contribution in [3.05, 3.63) is 89.5 Å². The molecule has 42 heavy (non-hydrogen) atoms. The molecule has 3 aromatic carbocycles. The number of nitrogens with one attached hydrogen (secondary N) is 2. The van der Waals surface area contributed by atoms with Crippen LogP contribution >= 0.6 is 0 Å². The molecule has 0 aliphatic heterocycles. The first-order chi connectivity index (χ1) is 20.3. The molecule has 1 aliphatic rings. The van der Waals surface area contributed by atoms with Crippen molar-refractivity contribution >= 4 is 15.9 Å². The monoisotopic (exact) mass is 594 g/mol. The molecular weight excluding hydrogens is 552 g/mol. The fourth-order valence-corrected chi connectivity index (χ4v) is 6.21. The third-order valence-corrected chi connectivity index (χ3v) is 8.86. The van der Waals surface area contributed by atoms with Crippen LogP contribution in [0.3, 0.4) is 0 Å². The summed E-state index contributed by atoms with van der Waals surface area (Å²) in [6.07, 6.45) is 5.95. The number of unbranched alkanes of at least 4 members (excludes halogenated alkanes) is 1. The van der Waals surface area contributed by atoms with Gasteiger partial charge in [-0.3, -0.25) is 4.79 Å². The summed E-state index contributed by atoms with van der Waals surface area (Å²) in [5, 5.41) is 22.6. The zero-order valence-corrected chi connectivity index (χ0v) is 24.8. The number of amides is 1. The predicted octanol–water partition coefficient (Wildman–Crippen LogP) is 4.76. The molecule has 8 nitrogen and oxygen atoms in total. The average Bonchev–Trinajstić information content (AvgIpc) is 3.00. The Morgan fingerprint density at radius 3 is 2.36 bits per heavy atom. The highest BCUT2D eigenvalue weighted by Gasteiger charge is 2.23. The van der Waals surface area contributed by atoms with Crippen LogP contribution in [0.2, 0.25) is 0 Å². The Hall–Kier alpha value is -3.24. The summed E-state index contributed by atoms with van der Waals surface area (Å²) in [4.78, 5) is 13.1. The Labute approximate surface area is 249 Å². The molecule has 1 fully saturated rings. The summed E-state index contributed by atoms with van der Waals surface area (Å²) < 4.78 is 33.3. The Kier molecular flexibility index (Phi) is 12.0. The van der Waals surface area contributed by atoms with Gasteiger partial charge in [-0.1, -0.05) is 67.1 Å². The van der Waals surface area contributed by atoms with E-state index in [2.05, 4.69) is 22.2 Å². The van der Waals surface area contributed by atoms with E-state index in [0.717, 1.165) is 67.3 Å². The van der Waals surface area contributed by atoms with E-state index in [1.807, 2.05) is 54.6 Å². The molecule has 0 aromatic heterocycles. The Morgan fingerprint density at radius 1 is 0.929 bits per heavy atom. The molecule has 1 amide bonds. The highest BCUT2D eigenvalue weighted by Crippen LogP contribution is 2.31. The minimum atomic E-state index is -3.83. The van der Waals surface area contributed by atoms with Crippen molar-refractivity contribution in [1.29, 1.82) is 0 Å². The molecule has 1 saturated carbocycles. The van der Waals surface area contributed by atoms with Gasteiger partial charge in [0.1, 0.15) is 5.75 Å². The molecule has 0 radical (unpaired) electrons. The van der Waals surface area contributed by atoms with Crippen molar-refractivity contribution in [1.82, 2.24) is 10.0 Å². The number of rotatable bonds is 15. The van der Waals surface area contributed by atoms with Crippen LogP contribution in [0.5, 0.6) is 5.75 Å². The van der Waals surface area contributed by atoms with Crippen LogP contribution in [-0.4, -0.2) is 56.1 Å². The molecule has 4 rings (SSSR count). The van der Waals surface area contributed by atoms with E-state index in [9.17, 15) is 18.3 Å². The van der Waals surface area contributed by atoms with Crippen LogP contribution in [-0.2, 0) is 16.4 Å². The molecule has 0 heterocycles. The maximum atomic E-state index is 13.1. The van der Waals surface area contributed by atoms with Gasteiger partial charge in [0.25, 0.3) is 5.91 Å². The highest BCUT2D eigenvalue weighted by atomic mass is 32.2. The molecule has 1 aliphatic carbocycles. The zero-order chi connectivity index (χ0) is 29.8. The summed E-state index contributed by atoms with van der Waals surface area (Å²) in [5.74, 6) is -0.560. The molecule has 9 heteroatoms. The topological polar surface area (TPSA) is 125 Å². The molecule has 0 saturated heterocycles. The van der Waals surface area contributed by atoms with Gasteiger partial charge in [0.05, 0.1) is 23.5 Å². The summed E-state index contributed by atoms with van der Waals surface area (Å²) in [6, 6.07) is 23.0. The number of hydrogen-bond donors (Lipinski definition) is 4. The zero-order valence-electron chi connectivity index (χ0n) is 24.0. The van der Waals surface area contributed by atoms with Gasteiger partial charge in [0, 0.05) is 13.2 Å². The van der Waals surface area contributed by atoms with Crippen molar-refractivity contribution < 1.29 is 28.2 Å². The van der Waals surface area contributed by atoms with Crippen LogP contribution in [0.15, 0.2) is 72.8 Å². The van der Waals surface area contributed by atoms with E-state index < -0.39 is 22.0 Å². The molecular formula is C33H42N2O6S. The summed E-state index contributed by atoms with van der Waals surface area (Å²) >= 11 is 0. The van der Waals surface area contributed by atoms with E-state index in [1.165, 1.54) is 0 Å². The SMILES string of the molecule is O=C(NS(=O)(=O)CCCCO)c1ccc(-c2ccc(CCNC[C@H](O)c3ccccc3)cc2)cc1OC1CCCCC1. The molecule has 0 bridgehead atoms. The van der Waals surface area contributed by atoms with Crippen molar-refractivity contribution in [2.75, 3.05) is 25.4 Å². The Morgan fingerprint density at radius 2 is 1.64 bits per heavy atom. The number of carbonyl (C=O) groups excluding carboxylic acids is 1. The number of hydrogen-bond acceptors (Lipinski definition) is 7. The third kappa shape index (κ3) is 9.66. The van der Waals surface area contributed by atoms with Crippen LogP contribution in [0.4, 0.5) is 0 Å². The first kappa shape index (κ1) is 31.7. The largest absolute Gasteiger partial charge is 0.490 e. The van der Waals surface area contributed by atoms with Gasteiger partial charge in [-0.25, -0.2) is 13.1 Å². The second-order valence-corrected chi connectivity index (χ2v) is 12.7. The lowest BCUT2D eigenvalue weighted by Gasteiger charge is -2.24. The maximum absolute atomic E-state index is 13.1. The molecule has 0 unspecified atom stereocenters. The van der Waals surface area contributed by atoms with E-state index in [-0.39, 0.29) is 30.4 Å². The van der Waals surface area contributed by atoms with E-state index in [4.69, 9.17) is 9.84 Å². The van der Waals surface area contributed by atoms with Crippen molar-refractivity contribution in [3.8, 4) is 16.9 Å². The molecule has 226 valence electrons. The van der Waals surface area contributed by atoms with Gasteiger partial charge >= 0.3 is 0 Å². The molecule has 0 spiro atoms. The van der Waals surface area contributed by atoms with Gasteiger partial charge in [0.2, 0.25) is 10.0 Å². The fourth-order valence-electron chi connectivity index (χ4n) is 5.13. The minimum Gasteiger partial charge on any atom is -0.490 e. The predicted molar refractivity (Wildman–Crippen MR) is 165 cm³/mol. The lowest BCUT2D eigenvalue weighted by atomic mass is 9.97. The van der Waals surface area contributed by atoms with Crippen molar-refractivity contribution in [2.24, 2.45) is 0 Å². The standard InChI is InChI=1S/C33H42N2O6S/c36-21-7-8-22-42(39,40)35-33(38)30-18-17-28(23-32(30)41-29-11-5-2-6-12-29)26-15-13-25(14-16-26)19-20-34-24-31(37)27-9-3-1-4-10-27/h1,3-4,9-10,13-18,23,29,31,34,36-37H,2,5-8,11-12,19-22,24H2,(H,35,38)/t31-/m0/s1. The van der Waals surface area contributed by atoms with Gasteiger partial charge < -0.3 is 20.3 Å². The van der Waals surface area contributed by atoms with Crippen LogP contribution in [0, 0.1) is 0 Å². The van der Waals surface area contributed by atoms with Crippen LogP contribution < -0.4 is 14.8 Å². The first-order valence-corrected chi connectivity index (χ1v) is 16.5. The quantitative estimate of drug-likeness (QED) is 0.187. The Bertz CT molecular complexity index is 1370. The van der Waals surface area contributed by atoms with E-state index in [0.29, 0.717) is 18.7 Å². The van der Waals surface area contributed by atoms with Crippen LogP contribution in [0.25, 0.3) is 11.1 Å². The Balaban J connectivity index is 1.41. The lowest BCUT2D eigenvalue weighted by molar-refractivity contribution is 0.0969. The minimum absolute atomic E-state index is 0.0167. The number of sulfonamides is 1. The average molecular weight is 595 g/mol.